The van der Waals surface area contributed by atoms with Gasteiger partial charge in [0.1, 0.15) is 11.6 Å². The number of nitrogens with zero attached hydrogens (tertiary/aromatic N) is 5. The van der Waals surface area contributed by atoms with Gasteiger partial charge < -0.3 is 13.8 Å². The van der Waals surface area contributed by atoms with Crippen molar-refractivity contribution in [3.63, 3.8) is 0 Å². The molecule has 0 amide bonds. The molecule has 130 valence electrons. The van der Waals surface area contributed by atoms with Crippen molar-refractivity contribution in [2.45, 2.75) is 25.3 Å². The molecule has 1 fully saturated rings. The summed E-state index contributed by atoms with van der Waals surface area (Å²) in [6.45, 7) is 2.85. The Morgan fingerprint density at radius 2 is 1.96 bits per heavy atom. The van der Waals surface area contributed by atoms with Crippen LogP contribution in [0.3, 0.4) is 0 Å². The lowest BCUT2D eigenvalue weighted by Gasteiger charge is -2.30. The number of hydrogen-bond acceptors (Lipinski definition) is 6. The van der Waals surface area contributed by atoms with Crippen molar-refractivity contribution in [3.05, 3.63) is 54.7 Å². The third-order valence-electron chi connectivity index (χ3n) is 4.76. The molecule has 1 aromatic carbocycles. The molecule has 0 saturated carbocycles. The topological polar surface area (TPSA) is 69.2 Å². The lowest BCUT2D eigenvalue weighted by atomic mass is 9.96. The average molecular weight is 339 g/mol. The third kappa shape index (κ3) is 3.41. The van der Waals surface area contributed by atoms with Gasteiger partial charge in [0.15, 0.2) is 5.82 Å². The monoisotopic (exact) mass is 339 g/mol. The fourth-order valence-corrected chi connectivity index (χ4v) is 3.34. The number of ether oxygens (including phenoxy) is 1. The summed E-state index contributed by atoms with van der Waals surface area (Å²) < 4.78 is 12.2. The van der Waals surface area contributed by atoms with Crippen LogP contribution in [-0.2, 0) is 6.54 Å². The van der Waals surface area contributed by atoms with Gasteiger partial charge in [-0.2, -0.15) is 4.98 Å². The zero-order valence-electron chi connectivity index (χ0n) is 14.2. The number of imidazole rings is 1. The fraction of sp³-hybridized carbons (Fsp3) is 0.389. The first-order valence-electron chi connectivity index (χ1n) is 8.49. The summed E-state index contributed by atoms with van der Waals surface area (Å²) in [5.41, 5.74) is 1.09. The van der Waals surface area contributed by atoms with Crippen molar-refractivity contribution in [1.82, 2.24) is 24.6 Å². The molecular weight excluding hydrogens is 318 g/mol. The molecule has 0 N–H and O–H groups in total. The summed E-state index contributed by atoms with van der Waals surface area (Å²) in [6.07, 6.45) is 7.35. The highest BCUT2D eigenvalue weighted by Gasteiger charge is 2.24. The van der Waals surface area contributed by atoms with Crippen LogP contribution in [0.1, 0.15) is 30.4 Å². The Bertz CT molecular complexity index is 789. The van der Waals surface area contributed by atoms with Crippen molar-refractivity contribution >= 4 is 0 Å². The summed E-state index contributed by atoms with van der Waals surface area (Å²) in [5, 5.41) is 3.98. The third-order valence-corrected chi connectivity index (χ3v) is 4.76. The molecule has 7 heteroatoms. The minimum Gasteiger partial charge on any atom is -0.497 e. The molecule has 4 rings (SSSR count). The Morgan fingerprint density at radius 3 is 2.64 bits per heavy atom. The van der Waals surface area contributed by atoms with E-state index in [9.17, 15) is 0 Å². The summed E-state index contributed by atoms with van der Waals surface area (Å²) in [4.78, 5) is 11.2. The minimum absolute atomic E-state index is 0.399. The van der Waals surface area contributed by atoms with E-state index >= 15 is 0 Å². The predicted octanol–water partition coefficient (Wildman–Crippen LogP) is 2.64. The number of piperidine rings is 1. The van der Waals surface area contributed by atoms with E-state index in [1.165, 1.54) is 6.39 Å². The SMILES string of the molecule is COc1ccc(-n2ccnc2CN2CCC(c3ncon3)CC2)cc1. The zero-order valence-corrected chi connectivity index (χ0v) is 14.2. The van der Waals surface area contributed by atoms with E-state index in [0.717, 1.165) is 55.6 Å². The maximum absolute atomic E-state index is 5.23. The highest BCUT2D eigenvalue weighted by atomic mass is 16.5. The standard InChI is InChI=1S/C18H21N5O2/c1-24-16-4-2-15(3-5-16)23-11-8-19-17(23)12-22-9-6-14(7-10-22)18-20-13-25-21-18/h2-5,8,11,13-14H,6-7,9-10,12H2,1H3. The van der Waals surface area contributed by atoms with E-state index in [-0.39, 0.29) is 0 Å². The molecule has 0 bridgehead atoms. The second-order valence-corrected chi connectivity index (χ2v) is 6.25. The molecule has 0 spiro atoms. The van der Waals surface area contributed by atoms with Gasteiger partial charge in [0.2, 0.25) is 6.39 Å². The molecule has 0 radical (unpaired) electrons. The second-order valence-electron chi connectivity index (χ2n) is 6.25. The zero-order chi connectivity index (χ0) is 17.1. The lowest BCUT2D eigenvalue weighted by Crippen LogP contribution is -2.33. The van der Waals surface area contributed by atoms with Crippen LogP contribution in [0.2, 0.25) is 0 Å². The molecule has 1 aliphatic rings. The van der Waals surface area contributed by atoms with Crippen LogP contribution in [0.15, 0.2) is 47.6 Å². The Morgan fingerprint density at radius 1 is 1.16 bits per heavy atom. The number of benzene rings is 1. The molecular formula is C18H21N5O2. The molecule has 0 aliphatic carbocycles. The highest BCUT2D eigenvalue weighted by Crippen LogP contribution is 2.26. The van der Waals surface area contributed by atoms with Gasteiger partial charge in [-0.3, -0.25) is 4.90 Å². The average Bonchev–Trinajstić information content (AvgIpc) is 3.35. The maximum atomic E-state index is 5.23. The van der Waals surface area contributed by atoms with Crippen LogP contribution in [-0.4, -0.2) is 44.8 Å². The Kier molecular flexibility index (Phi) is 4.47. The molecule has 0 unspecified atom stereocenters. The molecule has 2 aromatic heterocycles. The van der Waals surface area contributed by atoms with E-state index < -0.39 is 0 Å². The van der Waals surface area contributed by atoms with Crippen LogP contribution in [0.4, 0.5) is 0 Å². The summed E-state index contributed by atoms with van der Waals surface area (Å²) in [7, 11) is 1.68. The molecule has 1 saturated heterocycles. The Hall–Kier alpha value is -2.67. The lowest BCUT2D eigenvalue weighted by molar-refractivity contribution is 0.195. The molecule has 0 atom stereocenters. The smallest absolute Gasteiger partial charge is 0.213 e. The predicted molar refractivity (Wildman–Crippen MR) is 91.7 cm³/mol. The highest BCUT2D eigenvalue weighted by molar-refractivity contribution is 5.38. The van der Waals surface area contributed by atoms with Gasteiger partial charge in [0, 0.05) is 24.0 Å². The van der Waals surface area contributed by atoms with Crippen LogP contribution < -0.4 is 4.74 Å². The first-order valence-corrected chi connectivity index (χ1v) is 8.49. The van der Waals surface area contributed by atoms with E-state index in [2.05, 4.69) is 24.6 Å². The minimum atomic E-state index is 0.399. The molecule has 3 aromatic rings. The van der Waals surface area contributed by atoms with Crippen molar-refractivity contribution in [3.8, 4) is 11.4 Å². The van der Waals surface area contributed by atoms with E-state index in [4.69, 9.17) is 9.26 Å². The summed E-state index contributed by atoms with van der Waals surface area (Å²) >= 11 is 0. The van der Waals surface area contributed by atoms with Crippen LogP contribution in [0.25, 0.3) is 5.69 Å². The largest absolute Gasteiger partial charge is 0.497 e. The quantitative estimate of drug-likeness (QED) is 0.712. The van der Waals surface area contributed by atoms with Gasteiger partial charge in [-0.1, -0.05) is 5.16 Å². The number of aromatic nitrogens is 4. The number of hydrogen-bond donors (Lipinski definition) is 0. The van der Waals surface area contributed by atoms with E-state index in [0.29, 0.717) is 5.92 Å². The van der Waals surface area contributed by atoms with Crippen molar-refractivity contribution in [1.29, 1.82) is 0 Å². The van der Waals surface area contributed by atoms with Gasteiger partial charge in [0.25, 0.3) is 0 Å². The van der Waals surface area contributed by atoms with Gasteiger partial charge in [-0.25, -0.2) is 4.98 Å². The molecule has 3 heterocycles. The Balaban J connectivity index is 1.41. The van der Waals surface area contributed by atoms with Crippen molar-refractivity contribution in [2.24, 2.45) is 0 Å². The summed E-state index contributed by atoms with van der Waals surface area (Å²) in [6, 6.07) is 8.03. The van der Waals surface area contributed by atoms with Crippen molar-refractivity contribution in [2.75, 3.05) is 20.2 Å². The number of methoxy groups -OCH3 is 1. The maximum Gasteiger partial charge on any atom is 0.213 e. The van der Waals surface area contributed by atoms with Crippen molar-refractivity contribution < 1.29 is 9.26 Å². The van der Waals surface area contributed by atoms with Gasteiger partial charge in [-0.05, 0) is 50.2 Å². The van der Waals surface area contributed by atoms with E-state index in [1.54, 1.807) is 7.11 Å². The summed E-state index contributed by atoms with van der Waals surface area (Å²) in [5.74, 6) is 3.13. The van der Waals surface area contributed by atoms with Gasteiger partial charge >= 0.3 is 0 Å². The first-order chi connectivity index (χ1) is 12.3. The van der Waals surface area contributed by atoms with Crippen LogP contribution in [0.5, 0.6) is 5.75 Å². The molecule has 25 heavy (non-hydrogen) atoms. The van der Waals surface area contributed by atoms with E-state index in [1.807, 2.05) is 36.7 Å². The Labute approximate surface area is 146 Å². The van der Waals surface area contributed by atoms with Gasteiger partial charge in [0.05, 0.1) is 13.7 Å². The number of rotatable bonds is 5. The van der Waals surface area contributed by atoms with Gasteiger partial charge in [-0.15, -0.1) is 0 Å². The fourth-order valence-electron chi connectivity index (χ4n) is 3.34. The molecule has 1 aliphatic heterocycles. The van der Waals surface area contributed by atoms with Crippen LogP contribution >= 0.6 is 0 Å². The molecule has 7 nitrogen and oxygen atoms in total. The normalized spacial score (nSPS) is 16.2. The number of likely N-dealkylation sites (tertiary alicyclic amines) is 1. The first kappa shape index (κ1) is 15.8. The second kappa shape index (κ2) is 7.06. The van der Waals surface area contributed by atoms with Crippen LogP contribution in [0, 0.1) is 0 Å².